The quantitative estimate of drug-likeness (QED) is 0.872. The number of carbonyl (C=O) groups is 1. The van der Waals surface area contributed by atoms with Crippen molar-refractivity contribution in [1.82, 2.24) is 10.2 Å². The highest BCUT2D eigenvalue weighted by Gasteiger charge is 2.18. The SMILES string of the molecule is CC(C)Cc1ccc(C(C)NCC(=O)N2CCCC2)cc1. The van der Waals surface area contributed by atoms with Gasteiger partial charge in [0, 0.05) is 19.1 Å². The number of nitrogens with one attached hydrogen (secondary N) is 1. The van der Waals surface area contributed by atoms with E-state index in [-0.39, 0.29) is 11.9 Å². The van der Waals surface area contributed by atoms with Gasteiger partial charge in [-0.1, -0.05) is 38.1 Å². The van der Waals surface area contributed by atoms with Crippen molar-refractivity contribution in [3.8, 4) is 0 Å². The summed E-state index contributed by atoms with van der Waals surface area (Å²) in [7, 11) is 0. The topological polar surface area (TPSA) is 32.3 Å². The third kappa shape index (κ3) is 4.85. The maximum absolute atomic E-state index is 12.0. The Kier molecular flexibility index (Phi) is 5.80. The maximum atomic E-state index is 12.0. The average molecular weight is 288 g/mol. The molecule has 1 fully saturated rings. The zero-order valence-electron chi connectivity index (χ0n) is 13.6. The Labute approximate surface area is 128 Å². The molecule has 0 radical (unpaired) electrons. The minimum Gasteiger partial charge on any atom is -0.342 e. The summed E-state index contributed by atoms with van der Waals surface area (Å²) < 4.78 is 0. The third-order valence-corrected chi connectivity index (χ3v) is 4.14. The number of rotatable bonds is 6. The molecule has 0 aliphatic carbocycles. The Bertz CT molecular complexity index is 447. The lowest BCUT2D eigenvalue weighted by Crippen LogP contribution is -2.37. The number of carbonyl (C=O) groups excluding carboxylic acids is 1. The largest absolute Gasteiger partial charge is 0.342 e. The molecular weight excluding hydrogens is 260 g/mol. The summed E-state index contributed by atoms with van der Waals surface area (Å²) in [5, 5.41) is 3.34. The van der Waals surface area contributed by atoms with Crippen molar-refractivity contribution in [3.63, 3.8) is 0 Å². The lowest BCUT2D eigenvalue weighted by atomic mass is 10.00. The molecule has 3 nitrogen and oxygen atoms in total. The van der Waals surface area contributed by atoms with Crippen LogP contribution in [0.4, 0.5) is 0 Å². The van der Waals surface area contributed by atoms with Gasteiger partial charge in [-0.25, -0.2) is 0 Å². The lowest BCUT2D eigenvalue weighted by Gasteiger charge is -2.19. The van der Waals surface area contributed by atoms with Crippen LogP contribution < -0.4 is 5.32 Å². The molecule has 1 aromatic carbocycles. The molecule has 1 unspecified atom stereocenters. The Balaban J connectivity index is 1.82. The van der Waals surface area contributed by atoms with Crippen molar-refractivity contribution in [2.45, 2.75) is 46.1 Å². The molecule has 1 atom stereocenters. The van der Waals surface area contributed by atoms with Crippen LogP contribution in [-0.2, 0) is 11.2 Å². The van der Waals surface area contributed by atoms with Crippen LogP contribution in [0.2, 0.25) is 0 Å². The number of hydrogen-bond donors (Lipinski definition) is 1. The zero-order valence-corrected chi connectivity index (χ0v) is 13.6. The number of hydrogen-bond acceptors (Lipinski definition) is 2. The smallest absolute Gasteiger partial charge is 0.236 e. The van der Waals surface area contributed by atoms with Gasteiger partial charge in [0.2, 0.25) is 5.91 Å². The second kappa shape index (κ2) is 7.60. The van der Waals surface area contributed by atoms with E-state index in [1.54, 1.807) is 0 Å². The van der Waals surface area contributed by atoms with Crippen molar-refractivity contribution >= 4 is 5.91 Å². The summed E-state index contributed by atoms with van der Waals surface area (Å²) in [6.07, 6.45) is 3.42. The van der Waals surface area contributed by atoms with Crippen LogP contribution >= 0.6 is 0 Å². The summed E-state index contributed by atoms with van der Waals surface area (Å²) in [5.41, 5.74) is 2.63. The highest BCUT2D eigenvalue weighted by atomic mass is 16.2. The molecular formula is C18H28N2O. The maximum Gasteiger partial charge on any atom is 0.236 e. The van der Waals surface area contributed by atoms with Gasteiger partial charge in [-0.15, -0.1) is 0 Å². The number of nitrogens with zero attached hydrogens (tertiary/aromatic N) is 1. The van der Waals surface area contributed by atoms with Gasteiger partial charge in [-0.3, -0.25) is 4.79 Å². The van der Waals surface area contributed by atoms with Crippen LogP contribution in [0.1, 0.15) is 50.8 Å². The molecule has 1 aliphatic rings. The van der Waals surface area contributed by atoms with Crippen LogP contribution in [0.5, 0.6) is 0 Å². The highest BCUT2D eigenvalue weighted by molar-refractivity contribution is 5.78. The first-order valence-corrected chi connectivity index (χ1v) is 8.16. The van der Waals surface area contributed by atoms with Crippen molar-refractivity contribution in [2.24, 2.45) is 5.92 Å². The molecule has 1 amide bonds. The van der Waals surface area contributed by atoms with Crippen molar-refractivity contribution in [2.75, 3.05) is 19.6 Å². The molecule has 1 aromatic rings. The molecule has 0 spiro atoms. The molecule has 0 aromatic heterocycles. The van der Waals surface area contributed by atoms with Gasteiger partial charge in [-0.05, 0) is 43.2 Å². The van der Waals surface area contributed by atoms with Crippen LogP contribution in [0.15, 0.2) is 24.3 Å². The Morgan fingerprint density at radius 2 is 1.76 bits per heavy atom. The predicted octanol–water partition coefficient (Wildman–Crippen LogP) is 3.16. The first kappa shape index (κ1) is 16.0. The van der Waals surface area contributed by atoms with Crippen LogP contribution in [0, 0.1) is 5.92 Å². The van der Waals surface area contributed by atoms with Crippen molar-refractivity contribution < 1.29 is 4.79 Å². The number of benzene rings is 1. The molecule has 0 bridgehead atoms. The first-order chi connectivity index (χ1) is 10.1. The van der Waals surface area contributed by atoms with Gasteiger partial charge in [0.05, 0.1) is 6.54 Å². The predicted molar refractivity (Wildman–Crippen MR) is 87.2 cm³/mol. The lowest BCUT2D eigenvalue weighted by molar-refractivity contribution is -0.129. The molecule has 21 heavy (non-hydrogen) atoms. The van der Waals surface area contributed by atoms with Gasteiger partial charge in [0.1, 0.15) is 0 Å². The summed E-state index contributed by atoms with van der Waals surface area (Å²) in [5.74, 6) is 0.917. The van der Waals surface area contributed by atoms with E-state index in [1.165, 1.54) is 11.1 Å². The van der Waals surface area contributed by atoms with Crippen LogP contribution in [0.3, 0.4) is 0 Å². The Hall–Kier alpha value is -1.35. The molecule has 3 heteroatoms. The van der Waals surface area contributed by atoms with E-state index in [0.717, 1.165) is 32.4 Å². The van der Waals surface area contributed by atoms with E-state index in [2.05, 4.69) is 50.4 Å². The molecule has 116 valence electrons. The molecule has 1 aliphatic heterocycles. The van der Waals surface area contributed by atoms with E-state index in [1.807, 2.05) is 4.90 Å². The van der Waals surface area contributed by atoms with Gasteiger partial charge >= 0.3 is 0 Å². The Morgan fingerprint density at radius 3 is 2.33 bits per heavy atom. The van der Waals surface area contributed by atoms with Crippen molar-refractivity contribution in [1.29, 1.82) is 0 Å². The molecule has 1 N–H and O–H groups in total. The summed E-state index contributed by atoms with van der Waals surface area (Å²) in [4.78, 5) is 14.0. The van der Waals surface area contributed by atoms with E-state index in [4.69, 9.17) is 0 Å². The van der Waals surface area contributed by atoms with E-state index < -0.39 is 0 Å². The molecule has 0 saturated carbocycles. The summed E-state index contributed by atoms with van der Waals surface area (Å²) >= 11 is 0. The van der Waals surface area contributed by atoms with E-state index >= 15 is 0 Å². The standard InChI is InChI=1S/C18H28N2O/c1-14(2)12-16-6-8-17(9-7-16)15(3)19-13-18(21)20-10-4-5-11-20/h6-9,14-15,19H,4-5,10-13H2,1-3H3. The van der Waals surface area contributed by atoms with Gasteiger partial charge in [0.15, 0.2) is 0 Å². The fourth-order valence-electron chi connectivity index (χ4n) is 2.85. The summed E-state index contributed by atoms with van der Waals surface area (Å²) in [6.45, 7) is 8.89. The fraction of sp³-hybridized carbons (Fsp3) is 0.611. The minimum atomic E-state index is 0.213. The van der Waals surface area contributed by atoms with Crippen molar-refractivity contribution in [3.05, 3.63) is 35.4 Å². The highest BCUT2D eigenvalue weighted by Crippen LogP contribution is 2.15. The van der Waals surface area contributed by atoms with Gasteiger partial charge < -0.3 is 10.2 Å². The van der Waals surface area contributed by atoms with Gasteiger partial charge in [-0.2, -0.15) is 0 Å². The molecule has 2 rings (SSSR count). The first-order valence-electron chi connectivity index (χ1n) is 8.16. The average Bonchev–Trinajstić information content (AvgIpc) is 2.99. The number of amides is 1. The second-order valence-electron chi connectivity index (χ2n) is 6.53. The number of likely N-dealkylation sites (tertiary alicyclic amines) is 1. The molecule has 1 heterocycles. The zero-order chi connectivity index (χ0) is 15.2. The van der Waals surface area contributed by atoms with Gasteiger partial charge in [0.25, 0.3) is 0 Å². The van der Waals surface area contributed by atoms with Crippen LogP contribution in [0.25, 0.3) is 0 Å². The summed E-state index contributed by atoms with van der Waals surface area (Å²) in [6, 6.07) is 8.97. The fourth-order valence-corrected chi connectivity index (χ4v) is 2.85. The third-order valence-electron chi connectivity index (χ3n) is 4.14. The Morgan fingerprint density at radius 1 is 1.14 bits per heavy atom. The molecule has 1 saturated heterocycles. The second-order valence-corrected chi connectivity index (χ2v) is 6.53. The normalized spacial score (nSPS) is 16.5. The monoisotopic (exact) mass is 288 g/mol. The van der Waals surface area contributed by atoms with Crippen LogP contribution in [-0.4, -0.2) is 30.4 Å². The minimum absolute atomic E-state index is 0.213. The van der Waals surface area contributed by atoms with E-state index in [0.29, 0.717) is 12.5 Å². The van der Waals surface area contributed by atoms with E-state index in [9.17, 15) is 4.79 Å².